The van der Waals surface area contributed by atoms with Gasteiger partial charge >= 0.3 is 5.97 Å². The highest BCUT2D eigenvalue weighted by molar-refractivity contribution is 6.07. The van der Waals surface area contributed by atoms with Gasteiger partial charge in [-0.05, 0) is 30.4 Å². The molecular formula is C18H14O6. The van der Waals surface area contributed by atoms with Gasteiger partial charge in [-0.2, -0.15) is 0 Å². The molecule has 2 aromatic carbocycles. The minimum absolute atomic E-state index is 0.164. The minimum atomic E-state index is -1.08. The van der Waals surface area contributed by atoms with Gasteiger partial charge < -0.3 is 19.3 Å². The van der Waals surface area contributed by atoms with Crippen molar-refractivity contribution in [2.45, 2.75) is 0 Å². The van der Waals surface area contributed by atoms with Crippen LogP contribution in [0.3, 0.4) is 0 Å². The Morgan fingerprint density at radius 2 is 2.00 bits per heavy atom. The summed E-state index contributed by atoms with van der Waals surface area (Å²) in [6.07, 6.45) is 3.08. The lowest BCUT2D eigenvalue weighted by atomic mass is 10.1. The number of allylic oxidation sites excluding steroid dienone is 1. The molecule has 24 heavy (non-hydrogen) atoms. The maximum Gasteiger partial charge on any atom is 0.341 e. The summed E-state index contributed by atoms with van der Waals surface area (Å²) in [5.41, 5.74) is 1.15. The second-order valence-corrected chi connectivity index (χ2v) is 4.99. The fourth-order valence-electron chi connectivity index (χ4n) is 2.23. The summed E-state index contributed by atoms with van der Waals surface area (Å²) in [6, 6.07) is 11.8. The van der Waals surface area contributed by atoms with Gasteiger partial charge in [-0.3, -0.25) is 4.79 Å². The Labute approximate surface area is 137 Å². The fourth-order valence-corrected chi connectivity index (χ4v) is 2.23. The summed E-state index contributed by atoms with van der Waals surface area (Å²) in [4.78, 5) is 22.8. The number of carboxylic acid groups (broad SMARTS) is 1. The zero-order valence-electron chi connectivity index (χ0n) is 12.6. The van der Waals surface area contributed by atoms with E-state index in [1.54, 1.807) is 30.3 Å². The Balaban J connectivity index is 1.74. The number of carbonyl (C=O) groups excluding carboxylic acids is 1. The van der Waals surface area contributed by atoms with Gasteiger partial charge in [0.25, 0.3) is 0 Å². The summed E-state index contributed by atoms with van der Waals surface area (Å²) in [5.74, 6) is 0.279. The number of rotatable bonds is 6. The van der Waals surface area contributed by atoms with Gasteiger partial charge in [0, 0.05) is 11.1 Å². The third kappa shape index (κ3) is 3.55. The van der Waals surface area contributed by atoms with Gasteiger partial charge in [0.2, 0.25) is 6.79 Å². The SMILES string of the molecule is O=C(O)COc1cccc(C(=O)C=Cc2cccc3c2OCO3)c1. The van der Waals surface area contributed by atoms with Crippen LogP contribution in [0.5, 0.6) is 17.2 Å². The van der Waals surface area contributed by atoms with Gasteiger partial charge in [-0.1, -0.05) is 24.3 Å². The van der Waals surface area contributed by atoms with Crippen LogP contribution in [0.4, 0.5) is 0 Å². The number of benzene rings is 2. The summed E-state index contributed by atoms with van der Waals surface area (Å²) in [7, 11) is 0. The Morgan fingerprint density at radius 1 is 1.17 bits per heavy atom. The molecular weight excluding hydrogens is 312 g/mol. The largest absolute Gasteiger partial charge is 0.482 e. The maximum atomic E-state index is 12.3. The second kappa shape index (κ2) is 6.87. The van der Waals surface area contributed by atoms with Gasteiger partial charge in [-0.25, -0.2) is 4.79 Å². The summed E-state index contributed by atoms with van der Waals surface area (Å²) < 4.78 is 15.7. The van der Waals surface area contributed by atoms with Crippen LogP contribution >= 0.6 is 0 Å². The monoisotopic (exact) mass is 326 g/mol. The predicted octanol–water partition coefficient (Wildman–Crippen LogP) is 2.77. The molecule has 0 atom stereocenters. The average molecular weight is 326 g/mol. The molecule has 0 bridgehead atoms. The molecule has 3 rings (SSSR count). The lowest BCUT2D eigenvalue weighted by Crippen LogP contribution is -2.09. The molecule has 6 nitrogen and oxygen atoms in total. The van der Waals surface area contributed by atoms with Crippen LogP contribution in [-0.4, -0.2) is 30.3 Å². The molecule has 0 saturated carbocycles. The van der Waals surface area contributed by atoms with E-state index in [1.807, 2.05) is 12.1 Å². The zero-order chi connectivity index (χ0) is 16.9. The first kappa shape index (κ1) is 15.6. The number of carbonyl (C=O) groups is 2. The van der Waals surface area contributed by atoms with Crippen LogP contribution in [-0.2, 0) is 4.79 Å². The number of aliphatic carboxylic acids is 1. The summed E-state index contributed by atoms with van der Waals surface area (Å²) >= 11 is 0. The van der Waals surface area contributed by atoms with E-state index < -0.39 is 12.6 Å². The predicted molar refractivity (Wildman–Crippen MR) is 85.5 cm³/mol. The Bertz CT molecular complexity index is 809. The van der Waals surface area contributed by atoms with Crippen molar-refractivity contribution in [2.24, 2.45) is 0 Å². The van der Waals surface area contributed by atoms with Crippen molar-refractivity contribution in [3.8, 4) is 17.2 Å². The van der Waals surface area contributed by atoms with E-state index in [0.717, 1.165) is 5.56 Å². The highest BCUT2D eigenvalue weighted by Gasteiger charge is 2.15. The third-order valence-electron chi connectivity index (χ3n) is 3.32. The molecule has 1 N–H and O–H groups in total. The highest BCUT2D eigenvalue weighted by Crippen LogP contribution is 2.35. The number of ether oxygens (including phenoxy) is 3. The zero-order valence-corrected chi connectivity index (χ0v) is 12.6. The highest BCUT2D eigenvalue weighted by atomic mass is 16.7. The lowest BCUT2D eigenvalue weighted by molar-refractivity contribution is -0.139. The number of hydrogen-bond acceptors (Lipinski definition) is 5. The number of fused-ring (bicyclic) bond motifs is 1. The topological polar surface area (TPSA) is 82.1 Å². The van der Waals surface area contributed by atoms with Gasteiger partial charge in [0.05, 0.1) is 0 Å². The molecule has 0 fully saturated rings. The van der Waals surface area contributed by atoms with Crippen molar-refractivity contribution in [3.63, 3.8) is 0 Å². The van der Waals surface area contributed by atoms with E-state index in [-0.39, 0.29) is 12.6 Å². The van der Waals surface area contributed by atoms with Crippen LogP contribution in [0.1, 0.15) is 15.9 Å². The number of ketones is 1. The quantitative estimate of drug-likeness (QED) is 0.649. The molecule has 0 aromatic heterocycles. The number of hydrogen-bond donors (Lipinski definition) is 1. The molecule has 0 radical (unpaired) electrons. The average Bonchev–Trinajstić information content (AvgIpc) is 3.07. The molecule has 1 heterocycles. The summed E-state index contributed by atoms with van der Waals surface area (Å²) in [6.45, 7) is -0.294. The van der Waals surface area contributed by atoms with Crippen molar-refractivity contribution in [3.05, 3.63) is 59.7 Å². The van der Waals surface area contributed by atoms with Gasteiger partial charge in [0.1, 0.15) is 5.75 Å². The lowest BCUT2D eigenvalue weighted by Gasteiger charge is -2.04. The molecule has 2 aromatic rings. The number of carboxylic acids is 1. The first-order valence-electron chi connectivity index (χ1n) is 7.19. The third-order valence-corrected chi connectivity index (χ3v) is 3.32. The van der Waals surface area contributed by atoms with E-state index in [0.29, 0.717) is 22.8 Å². The van der Waals surface area contributed by atoms with Crippen molar-refractivity contribution in [2.75, 3.05) is 13.4 Å². The van der Waals surface area contributed by atoms with E-state index >= 15 is 0 Å². The second-order valence-electron chi connectivity index (χ2n) is 4.99. The minimum Gasteiger partial charge on any atom is -0.482 e. The molecule has 0 saturated heterocycles. The molecule has 0 spiro atoms. The van der Waals surface area contributed by atoms with Crippen LogP contribution in [0, 0.1) is 0 Å². The molecule has 6 heteroatoms. The van der Waals surface area contributed by atoms with Gasteiger partial charge in [0.15, 0.2) is 23.9 Å². The number of para-hydroxylation sites is 1. The Morgan fingerprint density at radius 3 is 2.83 bits per heavy atom. The smallest absolute Gasteiger partial charge is 0.341 e. The van der Waals surface area contributed by atoms with Crippen LogP contribution in [0.15, 0.2) is 48.5 Å². The van der Waals surface area contributed by atoms with Crippen LogP contribution in [0.2, 0.25) is 0 Å². The molecule has 0 amide bonds. The molecule has 0 aliphatic carbocycles. The van der Waals surface area contributed by atoms with E-state index in [4.69, 9.17) is 19.3 Å². The van der Waals surface area contributed by atoms with E-state index in [9.17, 15) is 9.59 Å². The Hall–Kier alpha value is -3.28. The molecule has 122 valence electrons. The van der Waals surface area contributed by atoms with Crippen molar-refractivity contribution in [1.29, 1.82) is 0 Å². The molecule has 0 unspecified atom stereocenters. The van der Waals surface area contributed by atoms with Crippen LogP contribution in [0.25, 0.3) is 6.08 Å². The van der Waals surface area contributed by atoms with Crippen molar-refractivity contribution in [1.82, 2.24) is 0 Å². The van der Waals surface area contributed by atoms with Crippen molar-refractivity contribution >= 4 is 17.8 Å². The first-order valence-corrected chi connectivity index (χ1v) is 7.19. The van der Waals surface area contributed by atoms with E-state index in [2.05, 4.69) is 0 Å². The normalized spacial score (nSPS) is 12.3. The van der Waals surface area contributed by atoms with E-state index in [1.165, 1.54) is 12.1 Å². The molecule has 1 aliphatic heterocycles. The van der Waals surface area contributed by atoms with Gasteiger partial charge in [-0.15, -0.1) is 0 Å². The standard InChI is InChI=1S/C18H14O6/c19-15(13-4-1-5-14(9-13)22-10-17(20)21)8-7-12-3-2-6-16-18(12)24-11-23-16/h1-9H,10-11H2,(H,20,21). The fraction of sp³-hybridized carbons (Fsp3) is 0.111. The first-order chi connectivity index (χ1) is 11.6. The Kier molecular flexibility index (Phi) is 4.47. The van der Waals surface area contributed by atoms with Crippen LogP contribution < -0.4 is 14.2 Å². The maximum absolute atomic E-state index is 12.3. The summed E-state index contributed by atoms with van der Waals surface area (Å²) in [5, 5.41) is 8.62. The van der Waals surface area contributed by atoms with Crippen molar-refractivity contribution < 1.29 is 28.9 Å². The molecule has 1 aliphatic rings.